The molecule has 18 nitrogen and oxygen atoms in total. The van der Waals surface area contributed by atoms with Gasteiger partial charge in [-0.2, -0.15) is 0 Å². The second-order valence-corrected chi connectivity index (χ2v) is 20.7. The van der Waals surface area contributed by atoms with Crippen LogP contribution in [0.5, 0.6) is 0 Å². The number of allylic oxidation sites excluding steroid dienone is 1. The van der Waals surface area contributed by atoms with Gasteiger partial charge in [-0.15, -0.1) is 0 Å². The van der Waals surface area contributed by atoms with Gasteiger partial charge in [-0.3, -0.25) is 0 Å². The molecule has 0 radical (unpaired) electrons. The minimum atomic E-state index is -1.68. The van der Waals surface area contributed by atoms with E-state index in [2.05, 4.69) is 26.8 Å². The van der Waals surface area contributed by atoms with Crippen molar-refractivity contribution in [1.29, 1.82) is 0 Å². The number of rotatable bonds is 11. The van der Waals surface area contributed by atoms with E-state index in [1.54, 1.807) is 0 Å². The predicted molar refractivity (Wildman–Crippen MR) is 213 cm³/mol. The molecule has 0 spiro atoms. The summed E-state index contributed by atoms with van der Waals surface area (Å²) >= 11 is 0. The van der Waals surface area contributed by atoms with Gasteiger partial charge < -0.3 is 89.3 Å². The minimum absolute atomic E-state index is 0.0713. The maximum atomic E-state index is 12.2. The fourth-order valence-corrected chi connectivity index (χ4v) is 13.3. The van der Waals surface area contributed by atoms with E-state index in [-0.39, 0.29) is 48.4 Å². The summed E-state index contributed by atoms with van der Waals surface area (Å²) < 4.78 is 42.2. The molecule has 356 valence electrons. The molecule has 26 atom stereocenters. The molecule has 0 bridgehead atoms. The summed E-state index contributed by atoms with van der Waals surface area (Å²) in [6.07, 6.45) is -13.1. The van der Waals surface area contributed by atoms with Crippen LogP contribution in [0.15, 0.2) is 11.6 Å². The standard InChI is InChI=1S/C44H72O18/c1-18(16-56-41-38(35(52)33(50)28(15-45)59-41)61-40-37(54)34(51)31(48)20(3)58-40)8-11-44(55)19(2)30-27(62-44)14-25-23-7-6-21-12-22(46)13-29(43(21,5)24(23)9-10-42(25,30)4)60-39-36(53)32(49)26(47)17-57-39/h6,18-20,22-41,45-55H,7-17H2,1-5H3/t18-,19+,20+,22-,23-,24+,25+,26-,27+,28-,29-,30+,31+,32+,33+,34-,35+,36-,37-,38-,39+,40+,41-,42+,43+,44-/m1/s1. The van der Waals surface area contributed by atoms with E-state index in [0.717, 1.165) is 31.3 Å². The Hall–Kier alpha value is -0.980. The van der Waals surface area contributed by atoms with E-state index in [9.17, 15) is 56.2 Å². The Balaban J connectivity index is 0.899. The molecule has 4 saturated heterocycles. The average molecular weight is 889 g/mol. The summed E-state index contributed by atoms with van der Waals surface area (Å²) in [5.74, 6) is -0.781. The number of aliphatic hydroxyl groups excluding tert-OH is 10. The summed E-state index contributed by atoms with van der Waals surface area (Å²) in [5.41, 5.74) is 0.598. The smallest absolute Gasteiger partial charge is 0.187 e. The Morgan fingerprint density at radius 1 is 0.823 bits per heavy atom. The third kappa shape index (κ3) is 8.06. The molecule has 4 aliphatic heterocycles. The Morgan fingerprint density at radius 3 is 2.27 bits per heavy atom. The highest BCUT2D eigenvalue weighted by molar-refractivity contribution is 5.28. The third-order valence-corrected chi connectivity index (χ3v) is 17.1. The van der Waals surface area contributed by atoms with E-state index in [1.165, 1.54) is 6.92 Å². The van der Waals surface area contributed by atoms with Crippen molar-refractivity contribution in [3.8, 4) is 0 Å². The molecule has 7 fully saturated rings. The average Bonchev–Trinajstić information content (AvgIpc) is 3.67. The molecule has 11 N–H and O–H groups in total. The fraction of sp³-hybridized carbons (Fsp3) is 0.955. The Bertz CT molecular complexity index is 1590. The van der Waals surface area contributed by atoms with Crippen LogP contribution in [0.25, 0.3) is 0 Å². The van der Waals surface area contributed by atoms with Crippen LogP contribution < -0.4 is 0 Å². The first-order valence-corrected chi connectivity index (χ1v) is 22.9. The summed E-state index contributed by atoms with van der Waals surface area (Å²) in [4.78, 5) is 0. The van der Waals surface area contributed by atoms with Crippen LogP contribution in [0.4, 0.5) is 0 Å². The molecular weight excluding hydrogens is 816 g/mol. The number of hydrogen-bond acceptors (Lipinski definition) is 18. The number of hydrogen-bond donors (Lipinski definition) is 11. The predicted octanol–water partition coefficient (Wildman–Crippen LogP) is -1.22. The highest BCUT2D eigenvalue weighted by atomic mass is 16.8. The summed E-state index contributed by atoms with van der Waals surface area (Å²) in [6.45, 7) is 9.35. The second-order valence-electron chi connectivity index (χ2n) is 20.7. The van der Waals surface area contributed by atoms with Crippen molar-refractivity contribution in [2.45, 2.75) is 196 Å². The third-order valence-electron chi connectivity index (χ3n) is 17.1. The van der Waals surface area contributed by atoms with Crippen molar-refractivity contribution < 1.29 is 89.3 Å². The lowest BCUT2D eigenvalue weighted by Gasteiger charge is -2.60. The van der Waals surface area contributed by atoms with E-state index >= 15 is 0 Å². The molecule has 18 heteroatoms. The Labute approximate surface area is 362 Å². The van der Waals surface area contributed by atoms with Gasteiger partial charge >= 0.3 is 0 Å². The van der Waals surface area contributed by atoms with Gasteiger partial charge in [-0.1, -0.05) is 39.3 Å². The lowest BCUT2D eigenvalue weighted by molar-refractivity contribution is -0.365. The molecule has 3 saturated carbocycles. The zero-order chi connectivity index (χ0) is 44.8. The zero-order valence-corrected chi connectivity index (χ0v) is 36.4. The van der Waals surface area contributed by atoms with Gasteiger partial charge in [0.25, 0.3) is 0 Å². The van der Waals surface area contributed by atoms with Gasteiger partial charge in [0.15, 0.2) is 24.7 Å². The van der Waals surface area contributed by atoms with Gasteiger partial charge in [-0.05, 0) is 80.5 Å². The van der Waals surface area contributed by atoms with Crippen LogP contribution in [-0.4, -0.2) is 186 Å². The first kappa shape index (κ1) is 47.5. The maximum absolute atomic E-state index is 12.2. The van der Waals surface area contributed by atoms with Crippen molar-refractivity contribution in [1.82, 2.24) is 0 Å². The minimum Gasteiger partial charge on any atom is -0.394 e. The Morgan fingerprint density at radius 2 is 1.55 bits per heavy atom. The van der Waals surface area contributed by atoms with Crippen molar-refractivity contribution >= 4 is 0 Å². The lowest BCUT2D eigenvalue weighted by Crippen LogP contribution is -2.64. The zero-order valence-electron chi connectivity index (χ0n) is 36.4. The van der Waals surface area contributed by atoms with Gasteiger partial charge in [0.1, 0.15) is 61.0 Å². The van der Waals surface area contributed by atoms with Crippen LogP contribution >= 0.6 is 0 Å². The van der Waals surface area contributed by atoms with Crippen molar-refractivity contribution in [2.75, 3.05) is 19.8 Å². The van der Waals surface area contributed by atoms with Crippen LogP contribution in [0, 0.1) is 46.3 Å². The topological polar surface area (TPSA) is 287 Å². The first-order chi connectivity index (χ1) is 29.2. The lowest BCUT2D eigenvalue weighted by atomic mass is 9.46. The molecule has 8 aliphatic rings. The largest absolute Gasteiger partial charge is 0.394 e. The van der Waals surface area contributed by atoms with Crippen molar-refractivity contribution in [3.05, 3.63) is 11.6 Å². The SMILES string of the molecule is C[C@H](CC[C@@]1(O)O[C@H]2C[C@H]3[C@@H]4CC=C5C[C@@H](O)C[C@@H](O[C@@H]6OC[C@@H](O)[C@H](O)[C@H]6O)[C@]5(C)[C@H]4CC[C@]3(C)[C@H]2[C@@H]1C)CO[C@@H]1O[C@H](CO)[C@H](O)[C@H](O)[C@H]1O[C@@H]1O[C@@H](C)[C@H](O)[C@@H](O)[C@H]1O. The number of aliphatic hydroxyl groups is 11. The number of ether oxygens (including phenoxy) is 7. The monoisotopic (exact) mass is 888 g/mol. The van der Waals surface area contributed by atoms with Crippen LogP contribution in [0.2, 0.25) is 0 Å². The summed E-state index contributed by atoms with van der Waals surface area (Å²) in [6, 6.07) is 0. The molecule has 62 heavy (non-hydrogen) atoms. The summed E-state index contributed by atoms with van der Waals surface area (Å²) in [5, 5.41) is 117. The normalized spacial score (nSPS) is 55.7. The molecular formula is C44H72O18. The highest BCUT2D eigenvalue weighted by Crippen LogP contribution is 2.70. The van der Waals surface area contributed by atoms with Gasteiger partial charge in [0.05, 0.1) is 44.2 Å². The maximum Gasteiger partial charge on any atom is 0.187 e. The van der Waals surface area contributed by atoms with Gasteiger partial charge in [0, 0.05) is 24.2 Å². The quantitative estimate of drug-likeness (QED) is 0.108. The molecule has 4 heterocycles. The molecule has 0 aromatic carbocycles. The van der Waals surface area contributed by atoms with E-state index in [1.807, 2.05) is 6.92 Å². The number of fused-ring (bicyclic) bond motifs is 7. The van der Waals surface area contributed by atoms with Crippen molar-refractivity contribution in [3.63, 3.8) is 0 Å². The van der Waals surface area contributed by atoms with Crippen LogP contribution in [0.1, 0.15) is 86.0 Å². The van der Waals surface area contributed by atoms with E-state index in [0.29, 0.717) is 37.5 Å². The summed E-state index contributed by atoms with van der Waals surface area (Å²) in [7, 11) is 0. The Kier molecular flexibility index (Phi) is 13.7. The highest BCUT2D eigenvalue weighted by Gasteiger charge is 2.69. The molecule has 0 aromatic rings. The molecule has 0 unspecified atom stereocenters. The van der Waals surface area contributed by atoms with E-state index in [4.69, 9.17) is 33.2 Å². The molecule has 4 aliphatic carbocycles. The van der Waals surface area contributed by atoms with Crippen LogP contribution in [-0.2, 0) is 33.2 Å². The first-order valence-electron chi connectivity index (χ1n) is 22.9. The van der Waals surface area contributed by atoms with Gasteiger partial charge in [0.2, 0.25) is 0 Å². The second kappa shape index (κ2) is 17.9. The molecule has 0 amide bonds. The van der Waals surface area contributed by atoms with Gasteiger partial charge in [-0.25, -0.2) is 0 Å². The molecule has 8 rings (SSSR count). The van der Waals surface area contributed by atoms with Crippen LogP contribution in [0.3, 0.4) is 0 Å². The van der Waals surface area contributed by atoms with E-state index < -0.39 is 116 Å². The van der Waals surface area contributed by atoms with Crippen molar-refractivity contribution in [2.24, 2.45) is 46.3 Å². The molecule has 0 aromatic heterocycles. The fourth-order valence-electron chi connectivity index (χ4n) is 13.3.